The second-order valence-electron chi connectivity index (χ2n) is 5.00. The fraction of sp³-hybridized carbons (Fsp3) is 0.600. The maximum absolute atomic E-state index is 11.3. The van der Waals surface area contributed by atoms with Gasteiger partial charge in [0.05, 0.1) is 13.2 Å². The molecule has 0 aromatic carbocycles. The molecule has 0 saturated carbocycles. The van der Waals surface area contributed by atoms with Crippen LogP contribution in [0.2, 0.25) is 0 Å². The molecule has 0 aliphatic carbocycles. The van der Waals surface area contributed by atoms with E-state index in [2.05, 4.69) is 36.9 Å². The van der Waals surface area contributed by atoms with Gasteiger partial charge >= 0.3 is 5.97 Å². The van der Waals surface area contributed by atoms with Crippen LogP contribution >= 0.6 is 15.9 Å². The Labute approximate surface area is 140 Å². The van der Waals surface area contributed by atoms with Crippen molar-refractivity contribution in [2.45, 2.75) is 26.3 Å². The summed E-state index contributed by atoms with van der Waals surface area (Å²) in [5.41, 5.74) is 1.18. The number of guanidine groups is 1. The van der Waals surface area contributed by atoms with E-state index < -0.39 is 0 Å². The molecule has 22 heavy (non-hydrogen) atoms. The van der Waals surface area contributed by atoms with Crippen LogP contribution in [0.15, 0.2) is 21.7 Å². The topological polar surface area (TPSA) is 58.9 Å². The molecule has 0 radical (unpaired) electrons. The van der Waals surface area contributed by atoms with Gasteiger partial charge in [0.25, 0.3) is 0 Å². The van der Waals surface area contributed by atoms with Crippen molar-refractivity contribution in [3.05, 3.63) is 22.4 Å². The zero-order valence-corrected chi connectivity index (χ0v) is 15.3. The SMILES string of the molecule is CCOC(=O)CCCNC(=NC)N(C)Cc1cc(Br)cn1C. The first-order valence-electron chi connectivity index (χ1n) is 7.36. The molecule has 0 saturated heterocycles. The molecule has 1 N–H and O–H groups in total. The van der Waals surface area contributed by atoms with E-state index in [-0.39, 0.29) is 5.97 Å². The molecule has 1 aromatic rings. The Morgan fingerprint density at radius 3 is 2.82 bits per heavy atom. The molecule has 0 unspecified atom stereocenters. The summed E-state index contributed by atoms with van der Waals surface area (Å²) in [5.74, 6) is 0.655. The molecule has 124 valence electrons. The second kappa shape index (κ2) is 9.50. The number of esters is 1. The number of halogens is 1. The lowest BCUT2D eigenvalue weighted by Gasteiger charge is -2.22. The van der Waals surface area contributed by atoms with E-state index in [9.17, 15) is 4.79 Å². The van der Waals surface area contributed by atoms with Crippen LogP contribution in [-0.2, 0) is 23.1 Å². The zero-order chi connectivity index (χ0) is 16.5. The van der Waals surface area contributed by atoms with Crippen molar-refractivity contribution in [2.75, 3.05) is 27.2 Å². The highest BCUT2D eigenvalue weighted by Crippen LogP contribution is 2.14. The quantitative estimate of drug-likeness (QED) is 0.344. The van der Waals surface area contributed by atoms with Crippen LogP contribution in [0, 0.1) is 0 Å². The van der Waals surface area contributed by atoms with Crippen LogP contribution in [0.3, 0.4) is 0 Å². The second-order valence-corrected chi connectivity index (χ2v) is 5.91. The predicted octanol–water partition coefficient (Wildman–Crippen LogP) is 2.14. The van der Waals surface area contributed by atoms with E-state index >= 15 is 0 Å². The first-order chi connectivity index (χ1) is 10.5. The molecule has 7 heteroatoms. The molecular weight excluding hydrogens is 348 g/mol. The predicted molar refractivity (Wildman–Crippen MR) is 91.8 cm³/mol. The maximum atomic E-state index is 11.3. The normalized spacial score (nSPS) is 11.4. The van der Waals surface area contributed by atoms with Gasteiger partial charge < -0.3 is 19.5 Å². The standard InChI is InChI=1S/C15H25BrN4O2/c1-5-22-14(21)7-6-8-18-15(17-2)20(4)11-13-9-12(16)10-19(13)3/h9-10H,5-8,11H2,1-4H3,(H,17,18). The van der Waals surface area contributed by atoms with Crippen LogP contribution < -0.4 is 5.32 Å². The zero-order valence-electron chi connectivity index (χ0n) is 13.7. The first kappa shape index (κ1) is 18.5. The Morgan fingerprint density at radius 1 is 1.55 bits per heavy atom. The fourth-order valence-electron chi connectivity index (χ4n) is 2.09. The van der Waals surface area contributed by atoms with E-state index in [1.54, 1.807) is 7.05 Å². The van der Waals surface area contributed by atoms with Gasteiger partial charge in [-0.3, -0.25) is 9.79 Å². The minimum Gasteiger partial charge on any atom is -0.466 e. The highest BCUT2D eigenvalue weighted by molar-refractivity contribution is 9.10. The molecule has 6 nitrogen and oxygen atoms in total. The van der Waals surface area contributed by atoms with E-state index in [4.69, 9.17) is 4.74 Å². The molecule has 0 amide bonds. The van der Waals surface area contributed by atoms with Crippen LogP contribution in [-0.4, -0.2) is 48.6 Å². The number of aryl methyl sites for hydroxylation is 1. The van der Waals surface area contributed by atoms with Crippen LogP contribution in [0.4, 0.5) is 0 Å². The third-order valence-corrected chi connectivity index (χ3v) is 3.63. The summed E-state index contributed by atoms with van der Waals surface area (Å²) in [7, 11) is 5.76. The average molecular weight is 373 g/mol. The summed E-state index contributed by atoms with van der Waals surface area (Å²) in [6, 6.07) is 2.09. The highest BCUT2D eigenvalue weighted by atomic mass is 79.9. The number of carbonyl (C=O) groups excluding carboxylic acids is 1. The summed E-state index contributed by atoms with van der Waals surface area (Å²) in [6.45, 7) is 3.68. The molecular formula is C15H25BrN4O2. The summed E-state index contributed by atoms with van der Waals surface area (Å²) < 4.78 is 8.05. The smallest absolute Gasteiger partial charge is 0.305 e. The number of nitrogens with one attached hydrogen (secondary N) is 1. The van der Waals surface area contributed by atoms with Gasteiger partial charge in [-0.15, -0.1) is 0 Å². The van der Waals surface area contributed by atoms with Crippen molar-refractivity contribution >= 4 is 27.9 Å². The van der Waals surface area contributed by atoms with Crippen molar-refractivity contribution < 1.29 is 9.53 Å². The lowest BCUT2D eigenvalue weighted by molar-refractivity contribution is -0.143. The largest absolute Gasteiger partial charge is 0.466 e. The van der Waals surface area contributed by atoms with Crippen molar-refractivity contribution in [3.63, 3.8) is 0 Å². The van der Waals surface area contributed by atoms with Gasteiger partial charge in [0.15, 0.2) is 5.96 Å². The Kier molecular flexibility index (Phi) is 8.01. The number of aromatic nitrogens is 1. The number of aliphatic imine (C=N–C) groups is 1. The van der Waals surface area contributed by atoms with Gasteiger partial charge in [0.1, 0.15) is 0 Å². The number of hydrogen-bond donors (Lipinski definition) is 1. The van der Waals surface area contributed by atoms with Crippen molar-refractivity contribution in [1.29, 1.82) is 0 Å². The number of rotatable bonds is 7. The monoisotopic (exact) mass is 372 g/mol. The van der Waals surface area contributed by atoms with E-state index in [1.165, 1.54) is 5.69 Å². The number of hydrogen-bond acceptors (Lipinski definition) is 3. The van der Waals surface area contributed by atoms with Gasteiger partial charge in [0.2, 0.25) is 0 Å². The summed E-state index contributed by atoms with van der Waals surface area (Å²) >= 11 is 3.48. The molecule has 1 heterocycles. The van der Waals surface area contributed by atoms with Gasteiger partial charge in [-0.25, -0.2) is 0 Å². The lowest BCUT2D eigenvalue weighted by Crippen LogP contribution is -2.39. The minimum atomic E-state index is -0.152. The fourth-order valence-corrected chi connectivity index (χ4v) is 2.66. The van der Waals surface area contributed by atoms with Gasteiger partial charge in [-0.05, 0) is 35.3 Å². The Bertz CT molecular complexity index is 514. The molecule has 1 rings (SSSR count). The molecule has 0 aliphatic rings. The molecule has 0 atom stereocenters. The number of nitrogens with zero attached hydrogens (tertiary/aromatic N) is 3. The minimum absolute atomic E-state index is 0.152. The lowest BCUT2D eigenvalue weighted by atomic mass is 10.3. The van der Waals surface area contributed by atoms with Gasteiger partial charge in [-0.1, -0.05) is 0 Å². The molecule has 0 fully saturated rings. The van der Waals surface area contributed by atoms with E-state index in [0.29, 0.717) is 19.6 Å². The average Bonchev–Trinajstić information content (AvgIpc) is 2.77. The molecule has 0 spiro atoms. The Morgan fingerprint density at radius 2 is 2.27 bits per heavy atom. The number of ether oxygens (including phenoxy) is 1. The third kappa shape index (κ3) is 6.09. The first-order valence-corrected chi connectivity index (χ1v) is 8.15. The third-order valence-electron chi connectivity index (χ3n) is 3.19. The van der Waals surface area contributed by atoms with E-state index in [1.807, 2.05) is 32.1 Å². The summed E-state index contributed by atoms with van der Waals surface area (Å²) in [6.07, 6.45) is 3.17. The van der Waals surface area contributed by atoms with Crippen molar-refractivity contribution in [3.8, 4) is 0 Å². The maximum Gasteiger partial charge on any atom is 0.305 e. The van der Waals surface area contributed by atoms with Crippen molar-refractivity contribution in [2.24, 2.45) is 12.0 Å². The van der Waals surface area contributed by atoms with Crippen molar-refractivity contribution in [1.82, 2.24) is 14.8 Å². The molecule has 0 aliphatic heterocycles. The van der Waals surface area contributed by atoms with Gasteiger partial charge in [0, 0.05) is 50.5 Å². The van der Waals surface area contributed by atoms with Crippen LogP contribution in [0.25, 0.3) is 0 Å². The Balaban J connectivity index is 2.40. The summed E-state index contributed by atoms with van der Waals surface area (Å²) in [5, 5.41) is 3.26. The van der Waals surface area contributed by atoms with E-state index in [0.717, 1.165) is 23.4 Å². The molecule has 0 bridgehead atoms. The summed E-state index contributed by atoms with van der Waals surface area (Å²) in [4.78, 5) is 17.6. The van der Waals surface area contributed by atoms with Gasteiger partial charge in [-0.2, -0.15) is 0 Å². The van der Waals surface area contributed by atoms with Crippen LogP contribution in [0.5, 0.6) is 0 Å². The molecule has 1 aromatic heterocycles. The number of carbonyl (C=O) groups is 1. The van der Waals surface area contributed by atoms with Crippen LogP contribution in [0.1, 0.15) is 25.5 Å². The Hall–Kier alpha value is -1.50. The highest BCUT2D eigenvalue weighted by Gasteiger charge is 2.09.